The number of aromatic nitrogens is 4. The molecule has 3 heterocycles. The first kappa shape index (κ1) is 20.7. The number of piperidine rings is 1. The van der Waals surface area contributed by atoms with Gasteiger partial charge in [0.05, 0.1) is 17.8 Å². The maximum Gasteiger partial charge on any atom is 0.266 e. The molecule has 3 aromatic rings. The third-order valence-electron chi connectivity index (χ3n) is 6.45. The van der Waals surface area contributed by atoms with Crippen LogP contribution in [0.4, 0.5) is 8.78 Å². The molecule has 1 amide bonds. The normalized spacial score (nSPS) is 20.2. The van der Waals surface area contributed by atoms with E-state index in [-0.39, 0.29) is 12.1 Å². The summed E-state index contributed by atoms with van der Waals surface area (Å²) < 4.78 is 31.1. The van der Waals surface area contributed by atoms with Gasteiger partial charge < -0.3 is 4.90 Å². The molecular weight excluding hydrogens is 416 g/mol. The highest BCUT2D eigenvalue weighted by Gasteiger charge is 2.44. The molecule has 5 rings (SSSR count). The van der Waals surface area contributed by atoms with E-state index in [4.69, 9.17) is 0 Å². The number of carbonyl (C=O) groups is 2. The van der Waals surface area contributed by atoms with Crippen LogP contribution in [0.15, 0.2) is 24.5 Å². The van der Waals surface area contributed by atoms with Crippen molar-refractivity contribution in [1.82, 2.24) is 24.5 Å². The van der Waals surface area contributed by atoms with E-state index in [0.29, 0.717) is 29.0 Å². The van der Waals surface area contributed by atoms with Crippen molar-refractivity contribution in [2.24, 2.45) is 0 Å². The van der Waals surface area contributed by atoms with Crippen LogP contribution in [0.5, 0.6) is 0 Å². The minimum absolute atomic E-state index is 0.0994. The minimum atomic E-state index is -3.07. The Morgan fingerprint density at radius 3 is 2.88 bits per heavy atom. The molecule has 0 radical (unpaired) electrons. The molecule has 1 aliphatic heterocycles. The van der Waals surface area contributed by atoms with Gasteiger partial charge in [0.1, 0.15) is 6.33 Å². The van der Waals surface area contributed by atoms with Crippen LogP contribution in [-0.4, -0.2) is 55.7 Å². The lowest BCUT2D eigenvalue weighted by atomic mass is 9.85. The molecule has 32 heavy (non-hydrogen) atoms. The summed E-state index contributed by atoms with van der Waals surface area (Å²) in [5.74, 6) is -3.92. The Kier molecular flexibility index (Phi) is 4.98. The number of alkyl halides is 2. The summed E-state index contributed by atoms with van der Waals surface area (Å²) in [6.45, 7) is 1.19. The number of fused-ring (bicyclic) bond motifs is 2. The van der Waals surface area contributed by atoms with Crippen LogP contribution in [0.2, 0.25) is 0 Å². The molecule has 2 aromatic heterocycles. The van der Waals surface area contributed by atoms with Gasteiger partial charge in [-0.05, 0) is 55.9 Å². The molecule has 9 heteroatoms. The van der Waals surface area contributed by atoms with Crippen LogP contribution in [-0.2, 0) is 12.8 Å². The quantitative estimate of drug-likeness (QED) is 0.585. The first-order valence-corrected chi connectivity index (χ1v) is 10.8. The molecule has 1 fully saturated rings. The van der Waals surface area contributed by atoms with Gasteiger partial charge in [0.2, 0.25) is 0 Å². The van der Waals surface area contributed by atoms with Gasteiger partial charge in [0, 0.05) is 30.1 Å². The van der Waals surface area contributed by atoms with Gasteiger partial charge in [-0.15, -0.1) is 0 Å². The number of hydrogen-bond acceptors (Lipinski definition) is 5. The van der Waals surface area contributed by atoms with E-state index >= 15 is 0 Å². The van der Waals surface area contributed by atoms with Crippen molar-refractivity contribution in [3.8, 4) is 0 Å². The molecule has 1 atom stereocenters. The van der Waals surface area contributed by atoms with Gasteiger partial charge in [-0.2, -0.15) is 10.1 Å². The molecule has 0 bridgehead atoms. The largest absolute Gasteiger partial charge is 0.332 e. The zero-order valence-corrected chi connectivity index (χ0v) is 17.7. The van der Waals surface area contributed by atoms with E-state index in [1.165, 1.54) is 15.7 Å². The summed E-state index contributed by atoms with van der Waals surface area (Å²) in [4.78, 5) is 34.8. The lowest BCUT2D eigenvalue weighted by Gasteiger charge is -2.38. The minimum Gasteiger partial charge on any atom is -0.332 e. The number of likely N-dealkylation sites (tertiary alicyclic amines) is 1. The average Bonchev–Trinajstić information content (AvgIpc) is 3.24. The lowest BCUT2D eigenvalue weighted by molar-refractivity contribution is -0.0641. The predicted octanol–water partition coefficient (Wildman–Crippen LogP) is 3.39. The number of carbonyl (C=O) groups excluding carboxylic acids is 2. The Bertz CT molecular complexity index is 1220. The van der Waals surface area contributed by atoms with Crippen molar-refractivity contribution >= 4 is 18.0 Å². The zero-order valence-electron chi connectivity index (χ0n) is 17.7. The second kappa shape index (κ2) is 7.72. The lowest BCUT2D eigenvalue weighted by Crippen LogP contribution is -2.49. The Morgan fingerprint density at radius 1 is 1.25 bits per heavy atom. The Labute approximate surface area is 183 Å². The molecule has 166 valence electrons. The van der Waals surface area contributed by atoms with Crippen LogP contribution in [0.25, 0.3) is 5.78 Å². The Hall–Kier alpha value is -3.23. The first-order valence-electron chi connectivity index (χ1n) is 10.8. The maximum absolute atomic E-state index is 14.8. The molecule has 0 saturated carbocycles. The fraction of sp³-hybridized carbons (Fsp3) is 0.435. The van der Waals surface area contributed by atoms with Crippen LogP contribution >= 0.6 is 0 Å². The molecule has 0 N–H and O–H groups in total. The Balaban J connectivity index is 1.52. The second-order valence-electron chi connectivity index (χ2n) is 8.73. The van der Waals surface area contributed by atoms with E-state index in [2.05, 4.69) is 15.1 Å². The fourth-order valence-electron chi connectivity index (χ4n) is 5.05. The molecule has 7 nitrogen and oxygen atoms in total. The number of benzene rings is 1. The third-order valence-corrected chi connectivity index (χ3v) is 6.45. The van der Waals surface area contributed by atoms with Gasteiger partial charge in [0.15, 0.2) is 6.29 Å². The van der Waals surface area contributed by atoms with Crippen molar-refractivity contribution < 1.29 is 18.4 Å². The van der Waals surface area contributed by atoms with Crippen molar-refractivity contribution in [3.63, 3.8) is 0 Å². The van der Waals surface area contributed by atoms with Crippen LogP contribution in [0, 0.1) is 6.92 Å². The smallest absolute Gasteiger partial charge is 0.266 e. The number of halogens is 2. The second-order valence-corrected chi connectivity index (χ2v) is 8.73. The summed E-state index contributed by atoms with van der Waals surface area (Å²) in [6, 6.07) is 5.19. The number of aryl methyl sites for hydroxylation is 2. The van der Waals surface area contributed by atoms with Crippen LogP contribution in [0.1, 0.15) is 68.4 Å². The van der Waals surface area contributed by atoms with Crippen LogP contribution < -0.4 is 0 Å². The van der Waals surface area contributed by atoms with Gasteiger partial charge in [-0.1, -0.05) is 6.07 Å². The number of rotatable bonds is 3. The highest BCUT2D eigenvalue weighted by molar-refractivity contribution is 6.02. The van der Waals surface area contributed by atoms with Gasteiger partial charge >= 0.3 is 0 Å². The third kappa shape index (κ3) is 3.55. The molecule has 2 aliphatic rings. The van der Waals surface area contributed by atoms with Gasteiger partial charge in [-0.3, -0.25) is 9.59 Å². The molecule has 1 aromatic carbocycles. The summed E-state index contributed by atoms with van der Waals surface area (Å²) in [5.41, 5.74) is 3.68. The van der Waals surface area contributed by atoms with E-state index in [9.17, 15) is 18.4 Å². The average molecular weight is 439 g/mol. The molecule has 1 aliphatic carbocycles. The van der Waals surface area contributed by atoms with E-state index in [1.54, 1.807) is 19.1 Å². The maximum atomic E-state index is 14.8. The van der Waals surface area contributed by atoms with Crippen molar-refractivity contribution in [2.75, 3.05) is 13.1 Å². The molecule has 1 unspecified atom stereocenters. The van der Waals surface area contributed by atoms with Crippen molar-refractivity contribution in [3.05, 3.63) is 58.2 Å². The number of aldehydes is 1. The SMILES string of the molecule is Cc1cc(C2CN(C(=O)c3ccc4c(c3C=O)CCCC4)CC(F)(F)C2)n2ncnc2n1. The van der Waals surface area contributed by atoms with Crippen LogP contribution in [0.3, 0.4) is 0 Å². The number of nitrogens with zero attached hydrogens (tertiary/aromatic N) is 5. The van der Waals surface area contributed by atoms with Gasteiger partial charge in [0.25, 0.3) is 17.6 Å². The fourth-order valence-corrected chi connectivity index (χ4v) is 5.05. The zero-order chi connectivity index (χ0) is 22.5. The monoisotopic (exact) mass is 439 g/mol. The highest BCUT2D eigenvalue weighted by atomic mass is 19.3. The van der Waals surface area contributed by atoms with E-state index in [1.807, 2.05) is 6.07 Å². The predicted molar refractivity (Wildman–Crippen MR) is 112 cm³/mol. The van der Waals surface area contributed by atoms with E-state index in [0.717, 1.165) is 36.8 Å². The molecular formula is C23H23F2N5O2. The van der Waals surface area contributed by atoms with E-state index < -0.39 is 30.7 Å². The molecule has 1 saturated heterocycles. The summed E-state index contributed by atoms with van der Waals surface area (Å²) in [7, 11) is 0. The molecule has 0 spiro atoms. The summed E-state index contributed by atoms with van der Waals surface area (Å²) in [6.07, 6.45) is 5.21. The van der Waals surface area contributed by atoms with Gasteiger partial charge in [-0.25, -0.2) is 18.3 Å². The van der Waals surface area contributed by atoms with Crippen molar-refractivity contribution in [1.29, 1.82) is 0 Å². The summed E-state index contributed by atoms with van der Waals surface area (Å²) >= 11 is 0. The number of hydrogen-bond donors (Lipinski definition) is 0. The first-order chi connectivity index (χ1) is 15.4. The highest BCUT2D eigenvalue weighted by Crippen LogP contribution is 2.37. The topological polar surface area (TPSA) is 80.5 Å². The standard InChI is InChI=1S/C23H23F2N5O2/c1-14-8-20(30-22(28-14)26-13-27-30)16-9-23(24,25)12-29(10-16)21(32)18-7-6-15-4-2-3-5-17(15)19(18)11-31/h6-8,11,13,16H,2-5,9-10,12H2,1H3. The Morgan fingerprint density at radius 2 is 2.06 bits per heavy atom. The summed E-state index contributed by atoms with van der Waals surface area (Å²) in [5, 5.41) is 4.13. The van der Waals surface area contributed by atoms with Crippen molar-refractivity contribution in [2.45, 2.75) is 50.9 Å². The number of amides is 1.